The molecular weight excluding hydrogens is 300 g/mol. The first-order valence-electron chi connectivity index (χ1n) is 5.36. The standard InChI is InChI=1S/C12H15BrN2O3/c1-7-5-6-9(14-10(7)13)15-11(17)12(3,4)18-8(2)16/h5-6H,1-4H3,(H,14,15,17). The number of hydrogen-bond donors (Lipinski definition) is 1. The Labute approximate surface area is 114 Å². The van der Waals surface area contributed by atoms with Gasteiger partial charge >= 0.3 is 5.97 Å². The lowest BCUT2D eigenvalue weighted by Crippen LogP contribution is -2.41. The summed E-state index contributed by atoms with van der Waals surface area (Å²) in [4.78, 5) is 27.0. The van der Waals surface area contributed by atoms with Crippen LogP contribution in [0.5, 0.6) is 0 Å². The molecule has 0 bridgehead atoms. The fourth-order valence-electron chi connectivity index (χ4n) is 1.25. The molecule has 0 aromatic carbocycles. The lowest BCUT2D eigenvalue weighted by atomic mass is 10.1. The molecule has 1 rings (SSSR count). The number of rotatable bonds is 3. The predicted octanol–water partition coefficient (Wildman–Crippen LogP) is 2.43. The smallest absolute Gasteiger partial charge is 0.303 e. The van der Waals surface area contributed by atoms with E-state index in [9.17, 15) is 9.59 Å². The van der Waals surface area contributed by atoms with E-state index in [4.69, 9.17) is 4.74 Å². The Kier molecular flexibility index (Phi) is 4.45. The van der Waals surface area contributed by atoms with Crippen molar-refractivity contribution < 1.29 is 14.3 Å². The number of nitrogens with zero attached hydrogens (tertiary/aromatic N) is 1. The van der Waals surface area contributed by atoms with Gasteiger partial charge in [0, 0.05) is 6.92 Å². The average molecular weight is 315 g/mol. The van der Waals surface area contributed by atoms with Crippen LogP contribution in [0.2, 0.25) is 0 Å². The highest BCUT2D eigenvalue weighted by Crippen LogP contribution is 2.18. The van der Waals surface area contributed by atoms with Crippen LogP contribution in [0.4, 0.5) is 5.82 Å². The van der Waals surface area contributed by atoms with Crippen LogP contribution in [0.25, 0.3) is 0 Å². The van der Waals surface area contributed by atoms with Crippen molar-refractivity contribution in [2.75, 3.05) is 5.32 Å². The molecule has 1 N–H and O–H groups in total. The monoisotopic (exact) mass is 314 g/mol. The van der Waals surface area contributed by atoms with Crippen LogP contribution < -0.4 is 5.32 Å². The summed E-state index contributed by atoms with van der Waals surface area (Å²) in [5.74, 6) is -0.535. The second-order valence-corrected chi connectivity index (χ2v) is 5.11. The van der Waals surface area contributed by atoms with Crippen LogP contribution >= 0.6 is 15.9 Å². The number of pyridine rings is 1. The summed E-state index contributed by atoms with van der Waals surface area (Å²) < 4.78 is 5.59. The SMILES string of the molecule is CC(=O)OC(C)(C)C(=O)Nc1ccc(C)c(Br)n1. The molecular formula is C12H15BrN2O3. The summed E-state index contributed by atoms with van der Waals surface area (Å²) in [6.45, 7) is 6.20. The molecule has 1 aromatic rings. The molecule has 0 saturated carbocycles. The third kappa shape index (κ3) is 3.80. The van der Waals surface area contributed by atoms with Crippen molar-refractivity contribution in [3.05, 3.63) is 22.3 Å². The first-order valence-corrected chi connectivity index (χ1v) is 6.16. The summed E-state index contributed by atoms with van der Waals surface area (Å²) in [5.41, 5.74) is -0.266. The van der Waals surface area contributed by atoms with Crippen LogP contribution in [-0.2, 0) is 14.3 Å². The molecule has 1 heterocycles. The van der Waals surface area contributed by atoms with Crippen LogP contribution in [0.3, 0.4) is 0 Å². The van der Waals surface area contributed by atoms with Gasteiger partial charge in [-0.3, -0.25) is 9.59 Å². The number of anilines is 1. The molecule has 6 heteroatoms. The maximum atomic E-state index is 11.9. The van der Waals surface area contributed by atoms with Gasteiger partial charge in [0.25, 0.3) is 5.91 Å². The molecule has 5 nitrogen and oxygen atoms in total. The Morgan fingerprint density at radius 2 is 2.00 bits per heavy atom. The molecule has 18 heavy (non-hydrogen) atoms. The Morgan fingerprint density at radius 3 is 2.50 bits per heavy atom. The van der Waals surface area contributed by atoms with Crippen LogP contribution in [-0.4, -0.2) is 22.5 Å². The van der Waals surface area contributed by atoms with Crippen LogP contribution in [0.1, 0.15) is 26.3 Å². The fraction of sp³-hybridized carbons (Fsp3) is 0.417. The van der Waals surface area contributed by atoms with Gasteiger partial charge in [-0.2, -0.15) is 0 Å². The number of aromatic nitrogens is 1. The third-order valence-electron chi connectivity index (χ3n) is 2.22. The highest BCUT2D eigenvalue weighted by Gasteiger charge is 2.31. The van der Waals surface area contributed by atoms with Crippen LogP contribution in [0.15, 0.2) is 16.7 Å². The highest BCUT2D eigenvalue weighted by molar-refractivity contribution is 9.10. The molecule has 98 valence electrons. The van der Waals surface area contributed by atoms with Crippen molar-refractivity contribution >= 4 is 33.6 Å². The number of halogens is 1. The maximum Gasteiger partial charge on any atom is 0.303 e. The topological polar surface area (TPSA) is 68.3 Å². The van der Waals surface area contributed by atoms with Gasteiger partial charge in [0.1, 0.15) is 10.4 Å². The molecule has 0 aliphatic rings. The first-order chi connectivity index (χ1) is 8.22. The number of carbonyl (C=O) groups is 2. The molecule has 0 unspecified atom stereocenters. The van der Waals surface area contributed by atoms with Gasteiger partial charge in [-0.15, -0.1) is 0 Å². The van der Waals surface area contributed by atoms with Gasteiger partial charge in [0.05, 0.1) is 0 Å². The van der Waals surface area contributed by atoms with E-state index in [-0.39, 0.29) is 0 Å². The van der Waals surface area contributed by atoms with E-state index in [1.165, 1.54) is 20.8 Å². The van der Waals surface area contributed by atoms with Crippen molar-refractivity contribution in [1.82, 2.24) is 4.98 Å². The van der Waals surface area contributed by atoms with Gasteiger partial charge in [0.2, 0.25) is 0 Å². The maximum absolute atomic E-state index is 11.9. The quantitative estimate of drug-likeness (QED) is 0.687. The van der Waals surface area contributed by atoms with Gasteiger partial charge in [-0.25, -0.2) is 4.98 Å². The summed E-state index contributed by atoms with van der Waals surface area (Å²) >= 11 is 3.28. The largest absolute Gasteiger partial charge is 0.450 e. The lowest BCUT2D eigenvalue weighted by molar-refractivity contribution is -0.160. The van der Waals surface area contributed by atoms with Gasteiger partial charge in [-0.05, 0) is 48.3 Å². The number of esters is 1. The molecule has 1 amide bonds. The highest BCUT2D eigenvalue weighted by atomic mass is 79.9. The number of nitrogens with one attached hydrogen (secondary N) is 1. The average Bonchev–Trinajstić information content (AvgIpc) is 2.21. The van der Waals surface area contributed by atoms with E-state index in [0.717, 1.165) is 5.56 Å². The molecule has 0 saturated heterocycles. The fourth-order valence-corrected chi connectivity index (χ4v) is 1.57. The number of aryl methyl sites for hydroxylation is 1. The van der Waals surface area contributed by atoms with Crippen LogP contribution in [0, 0.1) is 6.92 Å². The van der Waals surface area contributed by atoms with Gasteiger partial charge < -0.3 is 10.1 Å². The second kappa shape index (κ2) is 5.48. The second-order valence-electron chi connectivity index (χ2n) is 4.36. The molecule has 1 aromatic heterocycles. The molecule has 0 radical (unpaired) electrons. The molecule has 0 spiro atoms. The molecule has 0 atom stereocenters. The predicted molar refractivity (Wildman–Crippen MR) is 71.1 cm³/mol. The van der Waals surface area contributed by atoms with E-state index >= 15 is 0 Å². The van der Waals surface area contributed by atoms with Gasteiger partial charge in [-0.1, -0.05) is 6.07 Å². The Balaban J connectivity index is 2.81. The van der Waals surface area contributed by atoms with Crippen molar-refractivity contribution in [1.29, 1.82) is 0 Å². The number of hydrogen-bond acceptors (Lipinski definition) is 4. The third-order valence-corrected chi connectivity index (χ3v) is 3.03. The zero-order chi connectivity index (χ0) is 13.9. The number of amides is 1. The minimum Gasteiger partial charge on any atom is -0.450 e. The lowest BCUT2D eigenvalue weighted by Gasteiger charge is -2.22. The minimum atomic E-state index is -1.23. The summed E-state index contributed by atoms with van der Waals surface area (Å²) in [6.07, 6.45) is 0. The normalized spacial score (nSPS) is 10.9. The van der Waals surface area contributed by atoms with E-state index in [2.05, 4.69) is 26.2 Å². The van der Waals surface area contributed by atoms with E-state index in [1.807, 2.05) is 13.0 Å². The van der Waals surface area contributed by atoms with Crippen molar-refractivity contribution in [3.63, 3.8) is 0 Å². The van der Waals surface area contributed by atoms with Crippen molar-refractivity contribution in [2.45, 2.75) is 33.3 Å². The minimum absolute atomic E-state index is 0.401. The Hall–Kier alpha value is -1.43. The number of ether oxygens (including phenoxy) is 1. The zero-order valence-corrected chi connectivity index (χ0v) is 12.3. The van der Waals surface area contributed by atoms with E-state index in [0.29, 0.717) is 10.4 Å². The Bertz CT molecular complexity index is 486. The van der Waals surface area contributed by atoms with Crippen molar-refractivity contribution in [2.24, 2.45) is 0 Å². The van der Waals surface area contributed by atoms with E-state index in [1.54, 1.807) is 6.07 Å². The number of carbonyl (C=O) groups excluding carboxylic acids is 2. The Morgan fingerprint density at radius 1 is 1.39 bits per heavy atom. The first kappa shape index (κ1) is 14.6. The summed E-state index contributed by atoms with van der Waals surface area (Å²) in [6, 6.07) is 3.51. The zero-order valence-electron chi connectivity index (χ0n) is 10.7. The van der Waals surface area contributed by atoms with Gasteiger partial charge in [0.15, 0.2) is 5.60 Å². The molecule has 0 fully saturated rings. The van der Waals surface area contributed by atoms with Crippen molar-refractivity contribution in [3.8, 4) is 0 Å². The summed E-state index contributed by atoms with van der Waals surface area (Å²) in [5, 5.41) is 2.60. The summed E-state index contributed by atoms with van der Waals surface area (Å²) in [7, 11) is 0. The molecule has 0 aliphatic carbocycles. The van der Waals surface area contributed by atoms with E-state index < -0.39 is 17.5 Å². The molecule has 0 aliphatic heterocycles.